The van der Waals surface area contributed by atoms with E-state index in [4.69, 9.17) is 5.73 Å². The summed E-state index contributed by atoms with van der Waals surface area (Å²) in [6.45, 7) is 6.84. The molecule has 0 saturated heterocycles. The lowest BCUT2D eigenvalue weighted by atomic mass is 10.0. The van der Waals surface area contributed by atoms with Crippen LogP contribution in [-0.4, -0.2) is 22.0 Å². The van der Waals surface area contributed by atoms with Gasteiger partial charge in [-0.25, -0.2) is 4.79 Å². The highest BCUT2D eigenvalue weighted by atomic mass is 16.2. The summed E-state index contributed by atoms with van der Waals surface area (Å²) in [5.41, 5.74) is 5.23. The first kappa shape index (κ1) is 21.3. The van der Waals surface area contributed by atoms with E-state index in [1.54, 1.807) is 0 Å². The van der Waals surface area contributed by atoms with Crippen LogP contribution in [0, 0.1) is 11.8 Å². The van der Waals surface area contributed by atoms with Gasteiger partial charge >= 0.3 is 5.69 Å². The first-order valence-corrected chi connectivity index (χ1v) is 10.3. The van der Waals surface area contributed by atoms with Crippen molar-refractivity contribution >= 4 is 17.4 Å². The van der Waals surface area contributed by atoms with E-state index in [1.807, 2.05) is 20.8 Å². The van der Waals surface area contributed by atoms with E-state index in [-0.39, 0.29) is 23.3 Å². The fraction of sp³-hybridized carbons (Fsp3) is 0.750. The van der Waals surface area contributed by atoms with E-state index in [0.29, 0.717) is 25.4 Å². The van der Waals surface area contributed by atoms with Gasteiger partial charge in [0.05, 0.1) is 0 Å². The predicted octanol–water partition coefficient (Wildman–Crippen LogP) is 2.88. The molecule has 2 rings (SSSR count). The Labute approximate surface area is 160 Å². The Morgan fingerprint density at radius 1 is 1.30 bits per heavy atom. The monoisotopic (exact) mass is 378 g/mol. The third kappa shape index (κ3) is 5.47. The van der Waals surface area contributed by atoms with E-state index in [0.717, 1.165) is 19.3 Å². The van der Waals surface area contributed by atoms with Crippen LogP contribution in [-0.2, 0) is 11.3 Å². The molecule has 1 aliphatic carbocycles. The van der Waals surface area contributed by atoms with E-state index >= 15 is 0 Å². The minimum Gasteiger partial charge on any atom is -0.383 e. The number of H-pyrrole nitrogens is 1. The summed E-state index contributed by atoms with van der Waals surface area (Å²) in [5, 5.41) is 0. The number of aromatic nitrogens is 2. The summed E-state index contributed by atoms with van der Waals surface area (Å²) in [6, 6.07) is 0. The Balaban J connectivity index is 2.32. The van der Waals surface area contributed by atoms with Gasteiger partial charge in [0.1, 0.15) is 5.82 Å². The molecule has 0 atom stereocenters. The lowest BCUT2D eigenvalue weighted by Gasteiger charge is -2.26. The lowest BCUT2D eigenvalue weighted by molar-refractivity contribution is -0.119. The number of amides is 1. The van der Waals surface area contributed by atoms with Crippen molar-refractivity contribution in [2.45, 2.75) is 78.7 Å². The summed E-state index contributed by atoms with van der Waals surface area (Å²) in [5.74, 6) is 0.778. The summed E-state index contributed by atoms with van der Waals surface area (Å²) in [7, 11) is 0. The topological polar surface area (TPSA) is 101 Å². The van der Waals surface area contributed by atoms with Gasteiger partial charge in [0.25, 0.3) is 5.56 Å². The zero-order valence-electron chi connectivity index (χ0n) is 16.9. The minimum absolute atomic E-state index is 0.0894. The number of rotatable bonds is 9. The first-order chi connectivity index (χ1) is 12.8. The van der Waals surface area contributed by atoms with Gasteiger partial charge in [0.2, 0.25) is 5.91 Å². The molecule has 1 aliphatic rings. The number of nitrogens with zero attached hydrogens (tertiary/aromatic N) is 2. The number of unbranched alkanes of at least 4 members (excludes halogenated alkanes) is 1. The smallest absolute Gasteiger partial charge is 0.330 e. The molecule has 27 heavy (non-hydrogen) atoms. The van der Waals surface area contributed by atoms with E-state index in [2.05, 4.69) is 4.98 Å². The van der Waals surface area contributed by atoms with Gasteiger partial charge in [-0.15, -0.1) is 0 Å². The van der Waals surface area contributed by atoms with Crippen LogP contribution in [0.15, 0.2) is 9.59 Å². The molecule has 0 aromatic carbocycles. The maximum Gasteiger partial charge on any atom is 0.330 e. The van der Waals surface area contributed by atoms with E-state index < -0.39 is 11.2 Å². The quantitative estimate of drug-likeness (QED) is 0.690. The fourth-order valence-electron chi connectivity index (χ4n) is 3.82. The second kappa shape index (κ2) is 9.76. The number of anilines is 2. The summed E-state index contributed by atoms with van der Waals surface area (Å²) >= 11 is 0. The van der Waals surface area contributed by atoms with Crippen molar-refractivity contribution < 1.29 is 4.79 Å². The maximum absolute atomic E-state index is 13.0. The third-order valence-corrected chi connectivity index (χ3v) is 5.31. The molecule has 1 aromatic heterocycles. The standard InChI is InChI=1S/C20H34N4O3/c1-4-5-12-23-18(21)17(19(26)22-20(23)27)24(13-14(2)3)16(25)11-10-15-8-6-7-9-15/h14-15H,4-13,21H2,1-3H3,(H,22,26,27). The van der Waals surface area contributed by atoms with Gasteiger partial charge in [-0.3, -0.25) is 19.1 Å². The number of carbonyl (C=O) groups is 1. The molecule has 1 saturated carbocycles. The summed E-state index contributed by atoms with van der Waals surface area (Å²) in [6.07, 6.45) is 7.77. The zero-order chi connectivity index (χ0) is 20.0. The molecule has 1 aromatic rings. The third-order valence-electron chi connectivity index (χ3n) is 5.31. The number of nitrogen functional groups attached to an aromatic ring is 1. The molecular weight excluding hydrogens is 344 g/mol. The summed E-state index contributed by atoms with van der Waals surface area (Å²) in [4.78, 5) is 41.5. The largest absolute Gasteiger partial charge is 0.383 e. The van der Waals surface area contributed by atoms with E-state index in [1.165, 1.54) is 35.2 Å². The van der Waals surface area contributed by atoms with Crippen LogP contribution < -0.4 is 21.9 Å². The van der Waals surface area contributed by atoms with Gasteiger partial charge in [-0.1, -0.05) is 52.9 Å². The van der Waals surface area contributed by atoms with Crippen LogP contribution in [0.25, 0.3) is 0 Å². The number of carbonyl (C=O) groups excluding carboxylic acids is 1. The van der Waals surface area contributed by atoms with Gasteiger partial charge < -0.3 is 10.6 Å². The molecule has 7 nitrogen and oxygen atoms in total. The van der Waals surface area contributed by atoms with Crippen LogP contribution in [0.5, 0.6) is 0 Å². The van der Waals surface area contributed by atoms with Crippen molar-refractivity contribution in [3.8, 4) is 0 Å². The van der Waals surface area contributed by atoms with Crippen molar-refractivity contribution in [3.63, 3.8) is 0 Å². The Morgan fingerprint density at radius 3 is 2.56 bits per heavy atom. The highest BCUT2D eigenvalue weighted by Gasteiger charge is 2.26. The molecule has 1 amide bonds. The number of hydrogen-bond donors (Lipinski definition) is 2. The van der Waals surface area contributed by atoms with Crippen LogP contribution in [0.3, 0.4) is 0 Å². The second-order valence-corrected chi connectivity index (χ2v) is 8.09. The van der Waals surface area contributed by atoms with Crippen molar-refractivity contribution in [3.05, 3.63) is 20.8 Å². The Kier molecular flexibility index (Phi) is 7.68. The van der Waals surface area contributed by atoms with Gasteiger partial charge in [-0.05, 0) is 24.7 Å². The van der Waals surface area contributed by atoms with Crippen molar-refractivity contribution in [2.75, 3.05) is 17.2 Å². The number of hydrogen-bond acceptors (Lipinski definition) is 4. The molecule has 0 aliphatic heterocycles. The highest BCUT2D eigenvalue weighted by Crippen LogP contribution is 2.29. The molecule has 0 unspecified atom stereocenters. The molecule has 1 heterocycles. The first-order valence-electron chi connectivity index (χ1n) is 10.3. The van der Waals surface area contributed by atoms with Gasteiger partial charge in [-0.2, -0.15) is 0 Å². The van der Waals surface area contributed by atoms with Crippen molar-refractivity contribution in [2.24, 2.45) is 11.8 Å². The zero-order valence-corrected chi connectivity index (χ0v) is 16.9. The fourth-order valence-corrected chi connectivity index (χ4v) is 3.82. The number of nitrogens with one attached hydrogen (secondary N) is 1. The van der Waals surface area contributed by atoms with Crippen molar-refractivity contribution in [1.29, 1.82) is 0 Å². The molecule has 3 N–H and O–H groups in total. The van der Waals surface area contributed by atoms with Crippen LogP contribution >= 0.6 is 0 Å². The molecular formula is C20H34N4O3. The Morgan fingerprint density at radius 2 is 1.96 bits per heavy atom. The van der Waals surface area contributed by atoms with Gasteiger partial charge in [0.15, 0.2) is 5.69 Å². The SMILES string of the molecule is CCCCn1c(N)c(N(CC(C)C)C(=O)CCC2CCCC2)c(=O)[nH]c1=O. The Bertz CT molecular complexity index is 745. The number of nitrogens with two attached hydrogens (primary N) is 1. The Hall–Kier alpha value is -2.05. The number of aromatic amines is 1. The molecule has 152 valence electrons. The van der Waals surface area contributed by atoms with Crippen molar-refractivity contribution in [1.82, 2.24) is 9.55 Å². The summed E-state index contributed by atoms with van der Waals surface area (Å²) < 4.78 is 1.37. The average molecular weight is 379 g/mol. The lowest BCUT2D eigenvalue weighted by Crippen LogP contribution is -2.42. The minimum atomic E-state index is -0.583. The normalized spacial score (nSPS) is 14.8. The highest BCUT2D eigenvalue weighted by molar-refractivity contribution is 5.95. The molecule has 0 bridgehead atoms. The molecule has 0 spiro atoms. The van der Waals surface area contributed by atoms with Gasteiger partial charge in [0, 0.05) is 19.5 Å². The molecule has 1 fully saturated rings. The van der Waals surface area contributed by atoms with Crippen LogP contribution in [0.1, 0.15) is 72.1 Å². The van der Waals surface area contributed by atoms with Crippen LogP contribution in [0.2, 0.25) is 0 Å². The van der Waals surface area contributed by atoms with Crippen LogP contribution in [0.4, 0.5) is 11.5 Å². The second-order valence-electron chi connectivity index (χ2n) is 8.09. The molecule has 7 heteroatoms. The average Bonchev–Trinajstić information content (AvgIpc) is 3.11. The molecule has 0 radical (unpaired) electrons. The maximum atomic E-state index is 13.0. The van der Waals surface area contributed by atoms with E-state index in [9.17, 15) is 14.4 Å². The predicted molar refractivity (Wildman–Crippen MR) is 109 cm³/mol.